The van der Waals surface area contributed by atoms with Crippen LogP contribution < -0.4 is 5.48 Å². The fourth-order valence-corrected chi connectivity index (χ4v) is 2.86. The molecule has 0 spiro atoms. The Labute approximate surface area is 124 Å². The quantitative estimate of drug-likeness (QED) is 0.640. The largest absolute Gasteiger partial charge is 0.331 e. The topological polar surface area (TPSA) is 69.6 Å². The van der Waals surface area contributed by atoms with Gasteiger partial charge in [0, 0.05) is 12.5 Å². The Morgan fingerprint density at radius 3 is 2.95 bits per heavy atom. The van der Waals surface area contributed by atoms with Crippen molar-refractivity contribution >= 4 is 11.8 Å². The number of hydroxylamine groups is 1. The first-order chi connectivity index (χ1) is 10.0. The molecule has 1 aromatic rings. The minimum atomic E-state index is -0.619. The number of amides is 2. The van der Waals surface area contributed by atoms with Crippen LogP contribution in [0.15, 0.2) is 24.3 Å². The average Bonchev–Trinajstić information content (AvgIpc) is 2.84. The predicted molar refractivity (Wildman–Crippen MR) is 78.7 cm³/mol. The average molecular weight is 290 g/mol. The first-order valence-corrected chi connectivity index (χ1v) is 7.33. The summed E-state index contributed by atoms with van der Waals surface area (Å²) in [6.07, 6.45) is 2.44. The monoisotopic (exact) mass is 290 g/mol. The summed E-state index contributed by atoms with van der Waals surface area (Å²) in [5, 5.41) is 8.66. The molecule has 2 amide bonds. The van der Waals surface area contributed by atoms with Crippen LogP contribution in [0.25, 0.3) is 0 Å². The lowest BCUT2D eigenvalue weighted by Crippen LogP contribution is -2.45. The molecule has 5 heteroatoms. The van der Waals surface area contributed by atoms with E-state index in [9.17, 15) is 9.59 Å². The van der Waals surface area contributed by atoms with Crippen LogP contribution in [0.5, 0.6) is 0 Å². The standard InChI is InChI=1S/C16H22N2O3/c1-11-4-3-5-13(10-11)6-7-14-8-9-18(16(14)20)12(2)15(19)17-21/h3-5,10,12,14,21H,6-9H2,1-2H3,(H,17,19)/t12-,14?/m1/s1. The van der Waals surface area contributed by atoms with Gasteiger partial charge in [-0.05, 0) is 38.7 Å². The highest BCUT2D eigenvalue weighted by molar-refractivity contribution is 5.88. The molecular formula is C16H22N2O3. The molecule has 1 unspecified atom stereocenters. The number of nitrogens with zero attached hydrogens (tertiary/aromatic N) is 1. The molecule has 2 atom stereocenters. The first-order valence-electron chi connectivity index (χ1n) is 7.33. The second-order valence-corrected chi connectivity index (χ2v) is 5.70. The molecule has 114 valence electrons. The molecule has 1 fully saturated rings. The van der Waals surface area contributed by atoms with Gasteiger partial charge in [-0.15, -0.1) is 0 Å². The third kappa shape index (κ3) is 3.61. The van der Waals surface area contributed by atoms with Crippen molar-refractivity contribution in [3.8, 4) is 0 Å². The van der Waals surface area contributed by atoms with Gasteiger partial charge in [-0.25, -0.2) is 5.48 Å². The zero-order chi connectivity index (χ0) is 15.4. The van der Waals surface area contributed by atoms with E-state index in [0.29, 0.717) is 6.54 Å². The Morgan fingerprint density at radius 2 is 2.29 bits per heavy atom. The van der Waals surface area contributed by atoms with E-state index in [1.54, 1.807) is 17.3 Å². The van der Waals surface area contributed by atoms with Gasteiger partial charge < -0.3 is 4.90 Å². The van der Waals surface area contributed by atoms with E-state index in [1.165, 1.54) is 11.1 Å². The zero-order valence-electron chi connectivity index (χ0n) is 12.5. The Morgan fingerprint density at radius 1 is 1.52 bits per heavy atom. The zero-order valence-corrected chi connectivity index (χ0v) is 12.5. The van der Waals surface area contributed by atoms with Crippen LogP contribution in [0.3, 0.4) is 0 Å². The molecule has 5 nitrogen and oxygen atoms in total. The number of likely N-dealkylation sites (tertiary alicyclic amines) is 1. The normalized spacial score (nSPS) is 19.7. The van der Waals surface area contributed by atoms with Gasteiger partial charge in [0.25, 0.3) is 5.91 Å². The highest BCUT2D eigenvalue weighted by atomic mass is 16.5. The second-order valence-electron chi connectivity index (χ2n) is 5.70. The first kappa shape index (κ1) is 15.5. The van der Waals surface area contributed by atoms with Crippen molar-refractivity contribution in [2.24, 2.45) is 5.92 Å². The molecule has 1 aliphatic rings. The van der Waals surface area contributed by atoms with Crippen LogP contribution in [0, 0.1) is 12.8 Å². The minimum Gasteiger partial charge on any atom is -0.331 e. The van der Waals surface area contributed by atoms with E-state index in [-0.39, 0.29) is 11.8 Å². The molecule has 21 heavy (non-hydrogen) atoms. The summed E-state index contributed by atoms with van der Waals surface area (Å²) in [5.74, 6) is -0.555. The Balaban J connectivity index is 1.91. The van der Waals surface area contributed by atoms with Crippen molar-refractivity contribution in [3.05, 3.63) is 35.4 Å². The summed E-state index contributed by atoms with van der Waals surface area (Å²) >= 11 is 0. The number of aryl methyl sites for hydroxylation is 2. The molecule has 0 radical (unpaired) electrons. The molecule has 1 saturated heterocycles. The number of hydrogen-bond acceptors (Lipinski definition) is 3. The van der Waals surface area contributed by atoms with E-state index in [2.05, 4.69) is 25.1 Å². The van der Waals surface area contributed by atoms with Gasteiger partial charge >= 0.3 is 0 Å². The second kappa shape index (κ2) is 6.72. The van der Waals surface area contributed by atoms with Crippen molar-refractivity contribution < 1.29 is 14.8 Å². The lowest BCUT2D eigenvalue weighted by Gasteiger charge is -2.22. The molecule has 1 aromatic carbocycles. The van der Waals surface area contributed by atoms with Crippen LogP contribution >= 0.6 is 0 Å². The van der Waals surface area contributed by atoms with Gasteiger partial charge in [0.2, 0.25) is 5.91 Å². The summed E-state index contributed by atoms with van der Waals surface area (Å²) in [6, 6.07) is 7.68. The van der Waals surface area contributed by atoms with Crippen LogP contribution in [-0.4, -0.2) is 34.5 Å². The molecule has 2 rings (SSSR count). The SMILES string of the molecule is Cc1cccc(CCC2CCN([C@H](C)C(=O)NO)C2=O)c1. The van der Waals surface area contributed by atoms with Gasteiger partial charge in [-0.2, -0.15) is 0 Å². The number of rotatable bonds is 5. The predicted octanol–water partition coefficient (Wildman–Crippen LogP) is 1.67. The highest BCUT2D eigenvalue weighted by Gasteiger charge is 2.36. The van der Waals surface area contributed by atoms with Crippen LogP contribution in [-0.2, 0) is 16.0 Å². The van der Waals surface area contributed by atoms with Gasteiger partial charge in [0.15, 0.2) is 0 Å². The number of hydrogen-bond donors (Lipinski definition) is 2. The van der Waals surface area contributed by atoms with Crippen LogP contribution in [0.1, 0.15) is 30.9 Å². The third-order valence-electron chi connectivity index (χ3n) is 4.17. The van der Waals surface area contributed by atoms with Crippen LogP contribution in [0.2, 0.25) is 0 Å². The molecule has 1 heterocycles. The van der Waals surface area contributed by atoms with Gasteiger partial charge in [0.1, 0.15) is 6.04 Å². The maximum atomic E-state index is 12.3. The molecule has 1 aliphatic heterocycles. The fourth-order valence-electron chi connectivity index (χ4n) is 2.86. The van der Waals surface area contributed by atoms with Crippen molar-refractivity contribution in [3.63, 3.8) is 0 Å². The molecule has 0 aromatic heterocycles. The van der Waals surface area contributed by atoms with E-state index >= 15 is 0 Å². The third-order valence-corrected chi connectivity index (χ3v) is 4.17. The number of carbonyl (C=O) groups is 2. The summed E-state index contributed by atoms with van der Waals surface area (Å²) in [4.78, 5) is 25.3. The van der Waals surface area contributed by atoms with Gasteiger partial charge in [-0.3, -0.25) is 14.8 Å². The van der Waals surface area contributed by atoms with Crippen LogP contribution in [0.4, 0.5) is 0 Å². The maximum absolute atomic E-state index is 12.3. The summed E-state index contributed by atoms with van der Waals surface area (Å²) in [6.45, 7) is 4.26. The van der Waals surface area contributed by atoms with Crippen molar-refractivity contribution in [1.82, 2.24) is 10.4 Å². The Hall–Kier alpha value is -1.88. The summed E-state index contributed by atoms with van der Waals surface area (Å²) in [7, 11) is 0. The number of benzene rings is 1. The van der Waals surface area contributed by atoms with E-state index in [4.69, 9.17) is 5.21 Å². The van der Waals surface area contributed by atoms with Crippen molar-refractivity contribution in [1.29, 1.82) is 0 Å². The maximum Gasteiger partial charge on any atom is 0.265 e. The molecular weight excluding hydrogens is 268 g/mol. The van der Waals surface area contributed by atoms with Crippen molar-refractivity contribution in [2.75, 3.05) is 6.54 Å². The smallest absolute Gasteiger partial charge is 0.265 e. The van der Waals surface area contributed by atoms with E-state index < -0.39 is 11.9 Å². The van der Waals surface area contributed by atoms with E-state index in [1.807, 2.05) is 6.07 Å². The molecule has 0 aliphatic carbocycles. The highest BCUT2D eigenvalue weighted by Crippen LogP contribution is 2.25. The minimum absolute atomic E-state index is 0.0127. The number of nitrogens with one attached hydrogen (secondary N) is 1. The number of carbonyl (C=O) groups excluding carboxylic acids is 2. The lowest BCUT2D eigenvalue weighted by molar-refractivity contribution is -0.142. The Bertz CT molecular complexity index is 530. The van der Waals surface area contributed by atoms with Gasteiger partial charge in [-0.1, -0.05) is 29.8 Å². The Kier molecular flexibility index (Phi) is 4.96. The summed E-state index contributed by atoms with van der Waals surface area (Å²) < 4.78 is 0. The van der Waals surface area contributed by atoms with Crippen molar-refractivity contribution in [2.45, 2.75) is 39.2 Å². The fraction of sp³-hybridized carbons (Fsp3) is 0.500. The molecule has 0 saturated carbocycles. The molecule has 2 N–H and O–H groups in total. The summed E-state index contributed by atoms with van der Waals surface area (Å²) in [5.41, 5.74) is 4.07. The van der Waals surface area contributed by atoms with Gasteiger partial charge in [0.05, 0.1) is 0 Å². The lowest BCUT2D eigenvalue weighted by atomic mass is 9.97. The van der Waals surface area contributed by atoms with E-state index in [0.717, 1.165) is 19.3 Å². The molecule has 0 bridgehead atoms.